The third-order valence-corrected chi connectivity index (χ3v) is 9.76. The molecule has 0 aliphatic rings. The van der Waals surface area contributed by atoms with E-state index in [4.69, 9.17) is 11.5 Å². The van der Waals surface area contributed by atoms with Crippen molar-refractivity contribution in [1.29, 1.82) is 0 Å². The van der Waals surface area contributed by atoms with Crippen LogP contribution in [0, 0.1) is 11.8 Å². The van der Waals surface area contributed by atoms with E-state index in [1.54, 1.807) is 58.0 Å². The second-order valence-electron chi connectivity index (χ2n) is 15.9. The molecule has 0 aliphatic carbocycles. The molecule has 1 aromatic carbocycles. The molecule has 24 nitrogen and oxygen atoms in total. The van der Waals surface area contributed by atoms with Crippen LogP contribution in [0.15, 0.2) is 30.3 Å². The molecule has 0 unspecified atom stereocenters. The number of carboxylic acids is 1. The van der Waals surface area contributed by atoms with Gasteiger partial charge in [0, 0.05) is 19.8 Å². The molecule has 362 valence electrons. The van der Waals surface area contributed by atoms with Gasteiger partial charge in [0.25, 0.3) is 0 Å². The van der Waals surface area contributed by atoms with Gasteiger partial charge in [0.2, 0.25) is 59.1 Å². The van der Waals surface area contributed by atoms with Gasteiger partial charge < -0.3 is 69.3 Å². The number of benzene rings is 1. The van der Waals surface area contributed by atoms with Gasteiger partial charge in [-0.05, 0) is 37.2 Å². The van der Waals surface area contributed by atoms with Crippen LogP contribution in [0.3, 0.4) is 0 Å². The smallest absolute Gasteiger partial charge is 0.326 e. The summed E-state index contributed by atoms with van der Waals surface area (Å²) >= 11 is 0. The van der Waals surface area contributed by atoms with E-state index in [1.165, 1.54) is 0 Å². The summed E-state index contributed by atoms with van der Waals surface area (Å²) in [6.45, 7) is 7.20. The van der Waals surface area contributed by atoms with Crippen LogP contribution in [0.4, 0.5) is 0 Å². The van der Waals surface area contributed by atoms with Crippen LogP contribution >= 0.6 is 0 Å². The summed E-state index contributed by atoms with van der Waals surface area (Å²) in [5.74, 6) is -11.5. The van der Waals surface area contributed by atoms with E-state index < -0.39 is 139 Å². The van der Waals surface area contributed by atoms with Crippen LogP contribution in [0.5, 0.6) is 0 Å². The average molecular weight is 921 g/mol. The van der Waals surface area contributed by atoms with Crippen LogP contribution in [0.25, 0.3) is 0 Å². The largest absolute Gasteiger partial charge is 0.480 e. The molecule has 24 heteroatoms. The second-order valence-corrected chi connectivity index (χ2v) is 15.9. The first-order valence-corrected chi connectivity index (χ1v) is 20.9. The maximum Gasteiger partial charge on any atom is 0.326 e. The van der Waals surface area contributed by atoms with Crippen molar-refractivity contribution in [3.05, 3.63) is 35.9 Å². The van der Waals surface area contributed by atoms with Crippen molar-refractivity contribution >= 4 is 65.0 Å². The van der Waals surface area contributed by atoms with Gasteiger partial charge in [-0.15, -0.1) is 0 Å². The van der Waals surface area contributed by atoms with Crippen molar-refractivity contribution in [3.8, 4) is 0 Å². The number of aliphatic hydroxyl groups excluding tert-OH is 2. The third kappa shape index (κ3) is 21.0. The lowest BCUT2D eigenvalue weighted by Gasteiger charge is -2.28. The molecule has 0 aromatic heterocycles. The minimum Gasteiger partial charge on any atom is -0.480 e. The molecule has 0 aliphatic heterocycles. The molecule has 0 saturated heterocycles. The highest BCUT2D eigenvalue weighted by Gasteiger charge is 2.35. The molecule has 1 aromatic rings. The third-order valence-electron chi connectivity index (χ3n) is 9.76. The molecule has 65 heavy (non-hydrogen) atoms. The predicted octanol–water partition coefficient (Wildman–Crippen LogP) is -4.55. The van der Waals surface area contributed by atoms with Gasteiger partial charge in [0.05, 0.1) is 25.7 Å². The van der Waals surface area contributed by atoms with Crippen LogP contribution in [0.1, 0.15) is 79.2 Å². The number of carboxylic acid groups (broad SMARTS) is 1. The normalized spacial score (nSPS) is 15.1. The molecular formula is C41H64N10O14. The molecule has 10 amide bonds. The number of carbonyl (C=O) groups excluding carboxylic acids is 10. The molecule has 0 spiro atoms. The van der Waals surface area contributed by atoms with Crippen molar-refractivity contribution in [2.75, 3.05) is 13.2 Å². The number of aliphatic carboxylic acids is 1. The fourth-order valence-electron chi connectivity index (χ4n) is 6.10. The van der Waals surface area contributed by atoms with E-state index in [9.17, 15) is 68.1 Å². The van der Waals surface area contributed by atoms with E-state index in [1.807, 2.05) is 0 Å². The Hall–Kier alpha value is -6.69. The van der Waals surface area contributed by atoms with Crippen molar-refractivity contribution in [2.24, 2.45) is 23.3 Å². The number of carbonyl (C=O) groups is 11. The molecule has 0 saturated carbocycles. The Labute approximate surface area is 375 Å². The van der Waals surface area contributed by atoms with Gasteiger partial charge in [-0.1, -0.05) is 64.4 Å². The zero-order valence-corrected chi connectivity index (χ0v) is 37.3. The Balaban J connectivity index is 3.10. The zero-order valence-electron chi connectivity index (χ0n) is 37.3. The molecular weight excluding hydrogens is 857 g/mol. The van der Waals surface area contributed by atoms with Crippen molar-refractivity contribution in [1.82, 2.24) is 42.5 Å². The van der Waals surface area contributed by atoms with Crippen molar-refractivity contribution in [3.63, 3.8) is 0 Å². The van der Waals surface area contributed by atoms with E-state index in [0.717, 1.165) is 13.8 Å². The van der Waals surface area contributed by atoms with Gasteiger partial charge in [-0.2, -0.15) is 0 Å². The number of rotatable bonds is 29. The lowest BCUT2D eigenvalue weighted by molar-refractivity contribution is -0.142. The van der Waals surface area contributed by atoms with Crippen LogP contribution in [-0.4, -0.2) is 142 Å². The maximum absolute atomic E-state index is 13.6. The lowest BCUT2D eigenvalue weighted by atomic mass is 9.97. The Bertz CT molecular complexity index is 1850. The Morgan fingerprint density at radius 2 is 1.17 bits per heavy atom. The summed E-state index contributed by atoms with van der Waals surface area (Å²) in [7, 11) is 0. The van der Waals surface area contributed by atoms with E-state index >= 15 is 0 Å². The zero-order chi connectivity index (χ0) is 49.6. The maximum atomic E-state index is 13.6. The number of hydrogen-bond donors (Lipinski definition) is 13. The first kappa shape index (κ1) is 56.3. The highest BCUT2D eigenvalue weighted by Crippen LogP contribution is 2.11. The second kappa shape index (κ2) is 28.2. The number of aliphatic hydroxyl groups is 2. The standard InChI is InChI=1S/C41H64N10O14/c1-7-21(4)33(50-35(58)25(45-23(6)54)13-14-30(42)55)39(62)44-18-32(57)46-29(19-52)38(61)51-34(22(5)53)40(63)48-26(15-20(2)3)36(59)47-27(17-31(43)56)37(60)49-28(41(64)65)16-24-11-9-8-10-12-24/h8-12,20-22,25-29,33-34,52-53H,7,13-19H2,1-6H3,(H2,42,55)(H2,43,56)(H,44,62)(H,45,54)(H,46,57)(H,47,59)(H,48,63)(H,49,60)(H,50,58)(H,51,61)(H,64,65)/t21-,22+,25-,26-,27-,28-,29-,33-,34-/m0/s1. The highest BCUT2D eigenvalue weighted by atomic mass is 16.4. The minimum absolute atomic E-state index is 0.0808. The average Bonchev–Trinajstić information content (AvgIpc) is 3.22. The first-order valence-electron chi connectivity index (χ1n) is 20.9. The summed E-state index contributed by atoms with van der Waals surface area (Å²) < 4.78 is 0. The van der Waals surface area contributed by atoms with Gasteiger partial charge in [0.15, 0.2) is 0 Å². The highest BCUT2D eigenvalue weighted by molar-refractivity contribution is 5.98. The van der Waals surface area contributed by atoms with Gasteiger partial charge >= 0.3 is 5.97 Å². The molecule has 0 bridgehead atoms. The molecule has 15 N–H and O–H groups in total. The van der Waals surface area contributed by atoms with Crippen LogP contribution in [0.2, 0.25) is 0 Å². The monoisotopic (exact) mass is 920 g/mol. The summed E-state index contributed by atoms with van der Waals surface area (Å²) in [6, 6.07) is -2.28. The lowest BCUT2D eigenvalue weighted by Crippen LogP contribution is -2.62. The number of hydrogen-bond acceptors (Lipinski definition) is 13. The minimum atomic E-state index is -1.81. The topological polar surface area (TPSA) is 397 Å². The molecule has 0 radical (unpaired) electrons. The number of nitrogens with one attached hydrogen (secondary N) is 8. The van der Waals surface area contributed by atoms with Crippen LogP contribution in [-0.2, 0) is 59.2 Å². The SMILES string of the molecule is CC[C@H](C)[C@H](NC(=O)[C@H](CCC(N)=O)NC(C)=O)C(=O)NCC(=O)N[C@@H](CO)C(=O)N[C@H](C(=O)N[C@@H](CC(C)C)C(=O)N[C@@H](CC(N)=O)C(=O)N[C@@H](Cc1ccccc1)C(=O)O)[C@@H](C)O. The van der Waals surface area contributed by atoms with Gasteiger partial charge in [0.1, 0.15) is 42.3 Å². The van der Waals surface area contributed by atoms with Crippen LogP contribution < -0.4 is 54.0 Å². The molecule has 0 heterocycles. The number of primary amides is 2. The van der Waals surface area contributed by atoms with Crippen molar-refractivity contribution in [2.45, 2.75) is 128 Å². The van der Waals surface area contributed by atoms with Crippen molar-refractivity contribution < 1.29 is 68.1 Å². The van der Waals surface area contributed by atoms with E-state index in [-0.39, 0.29) is 31.6 Å². The quantitative estimate of drug-likeness (QED) is 0.0360. The Kier molecular flexibility index (Phi) is 24.4. The molecule has 0 fully saturated rings. The Morgan fingerprint density at radius 1 is 0.631 bits per heavy atom. The summed E-state index contributed by atoms with van der Waals surface area (Å²) in [5.41, 5.74) is 11.1. The summed E-state index contributed by atoms with van der Waals surface area (Å²) in [6.07, 6.45) is -2.63. The number of nitrogens with two attached hydrogens (primary N) is 2. The van der Waals surface area contributed by atoms with E-state index in [2.05, 4.69) is 42.5 Å². The predicted molar refractivity (Wildman–Crippen MR) is 230 cm³/mol. The summed E-state index contributed by atoms with van der Waals surface area (Å²) in [5, 5.41) is 48.8. The van der Waals surface area contributed by atoms with Gasteiger partial charge in [-0.3, -0.25) is 47.9 Å². The Morgan fingerprint density at radius 3 is 1.68 bits per heavy atom. The fourth-order valence-corrected chi connectivity index (χ4v) is 6.10. The number of amides is 10. The first-order chi connectivity index (χ1) is 30.4. The fraction of sp³-hybridized carbons (Fsp3) is 0.585. The summed E-state index contributed by atoms with van der Waals surface area (Å²) in [4.78, 5) is 140. The molecule has 9 atom stereocenters. The van der Waals surface area contributed by atoms with Gasteiger partial charge in [-0.25, -0.2) is 4.79 Å². The van der Waals surface area contributed by atoms with E-state index in [0.29, 0.717) is 12.0 Å². The molecule has 1 rings (SSSR count).